The van der Waals surface area contributed by atoms with Gasteiger partial charge >= 0.3 is 0 Å². The molecule has 1 unspecified atom stereocenters. The number of aromatic amines is 1. The highest BCUT2D eigenvalue weighted by atomic mass is 16.5. The smallest absolute Gasteiger partial charge is 0.135 e. The Balaban J connectivity index is 1.90. The molecule has 0 radical (unpaired) electrons. The summed E-state index contributed by atoms with van der Waals surface area (Å²) in [6.45, 7) is 4.77. The number of hydrogen-bond acceptors (Lipinski definition) is 3. The Morgan fingerprint density at radius 3 is 2.87 bits per heavy atom. The summed E-state index contributed by atoms with van der Waals surface area (Å²) in [6.07, 6.45) is 4.31. The van der Waals surface area contributed by atoms with E-state index in [-0.39, 0.29) is 5.92 Å². The molecule has 2 N–H and O–H groups in total. The van der Waals surface area contributed by atoms with Crippen LogP contribution >= 0.6 is 0 Å². The quantitative estimate of drug-likeness (QED) is 0.780. The summed E-state index contributed by atoms with van der Waals surface area (Å²) in [5, 5.41) is 13.7. The Labute approximate surface area is 135 Å². The third kappa shape index (κ3) is 2.05. The molecule has 2 heterocycles. The molecule has 1 aliphatic heterocycles. The Morgan fingerprint density at radius 1 is 1.26 bits per heavy atom. The zero-order valence-corrected chi connectivity index (χ0v) is 13.3. The first-order chi connectivity index (χ1) is 11.1. The van der Waals surface area contributed by atoms with Crippen LogP contribution in [0.1, 0.15) is 30.7 Å². The molecule has 4 heteroatoms. The molecule has 0 aliphatic carbocycles. The zero-order chi connectivity index (χ0) is 16.0. The zero-order valence-electron chi connectivity index (χ0n) is 13.3. The molecule has 1 aliphatic rings. The van der Waals surface area contributed by atoms with Gasteiger partial charge in [0.25, 0.3) is 0 Å². The summed E-state index contributed by atoms with van der Waals surface area (Å²) < 4.78 is 5.64. The third-order valence-corrected chi connectivity index (χ3v) is 4.86. The van der Waals surface area contributed by atoms with Crippen molar-refractivity contribution in [3.8, 4) is 5.75 Å². The molecule has 3 aromatic rings. The number of ether oxygens (including phenoxy) is 1. The number of benzene rings is 2. The van der Waals surface area contributed by atoms with E-state index in [2.05, 4.69) is 28.2 Å². The van der Waals surface area contributed by atoms with Crippen LogP contribution in [-0.2, 0) is 12.0 Å². The second-order valence-corrected chi connectivity index (χ2v) is 6.45. The van der Waals surface area contributed by atoms with E-state index >= 15 is 0 Å². The van der Waals surface area contributed by atoms with Crippen molar-refractivity contribution < 1.29 is 9.84 Å². The number of fused-ring (bicyclic) bond motifs is 3. The van der Waals surface area contributed by atoms with Gasteiger partial charge in [0.05, 0.1) is 18.6 Å². The first kappa shape index (κ1) is 14.3. The van der Waals surface area contributed by atoms with Crippen LogP contribution in [0, 0.1) is 5.92 Å². The molecular weight excluding hydrogens is 288 g/mol. The molecule has 0 spiro atoms. The standard InChI is InChI=1S/C19H20N2O2/c1-12(2)19(22,18-10-20-11-21-18)14-4-5-15-13(9-14)3-6-17-16(15)7-8-23-17/h3-6,9-12,22H,7-8H2,1-2H3,(H,20,21). The molecule has 2 aromatic carbocycles. The van der Waals surface area contributed by atoms with Crippen LogP contribution in [0.25, 0.3) is 10.8 Å². The fraction of sp³-hybridized carbons (Fsp3) is 0.316. The fourth-order valence-corrected chi connectivity index (χ4v) is 3.51. The largest absolute Gasteiger partial charge is 0.493 e. The highest BCUT2D eigenvalue weighted by Gasteiger charge is 2.37. The minimum Gasteiger partial charge on any atom is -0.493 e. The highest BCUT2D eigenvalue weighted by molar-refractivity contribution is 5.89. The van der Waals surface area contributed by atoms with Gasteiger partial charge in [0.2, 0.25) is 0 Å². The second kappa shape index (κ2) is 5.10. The minimum absolute atomic E-state index is 0.000936. The molecule has 1 atom stereocenters. The van der Waals surface area contributed by atoms with E-state index in [1.807, 2.05) is 26.0 Å². The molecule has 0 saturated carbocycles. The van der Waals surface area contributed by atoms with E-state index in [0.717, 1.165) is 29.7 Å². The van der Waals surface area contributed by atoms with E-state index in [0.29, 0.717) is 5.69 Å². The van der Waals surface area contributed by atoms with E-state index in [1.165, 1.54) is 10.9 Å². The van der Waals surface area contributed by atoms with Crippen LogP contribution < -0.4 is 4.74 Å². The van der Waals surface area contributed by atoms with E-state index in [4.69, 9.17) is 4.74 Å². The van der Waals surface area contributed by atoms with Crippen molar-refractivity contribution in [2.45, 2.75) is 25.9 Å². The van der Waals surface area contributed by atoms with E-state index in [9.17, 15) is 5.11 Å². The van der Waals surface area contributed by atoms with Gasteiger partial charge in [-0.3, -0.25) is 0 Å². The van der Waals surface area contributed by atoms with Crippen LogP contribution in [0.5, 0.6) is 5.75 Å². The van der Waals surface area contributed by atoms with Crippen LogP contribution in [0.2, 0.25) is 0 Å². The average Bonchev–Trinajstić information content (AvgIpc) is 3.24. The maximum atomic E-state index is 11.4. The third-order valence-electron chi connectivity index (χ3n) is 4.86. The summed E-state index contributed by atoms with van der Waals surface area (Å²) in [5.74, 6) is 0.984. The molecule has 0 bridgehead atoms. The summed E-state index contributed by atoms with van der Waals surface area (Å²) >= 11 is 0. The lowest BCUT2D eigenvalue weighted by atomic mass is 9.80. The Bertz CT molecular complexity index is 855. The van der Waals surface area contributed by atoms with Crippen molar-refractivity contribution >= 4 is 10.8 Å². The Hall–Kier alpha value is -2.33. The van der Waals surface area contributed by atoms with Gasteiger partial charge in [0.15, 0.2) is 0 Å². The molecule has 4 rings (SSSR count). The van der Waals surface area contributed by atoms with Gasteiger partial charge in [0, 0.05) is 18.2 Å². The molecule has 1 aromatic heterocycles. The van der Waals surface area contributed by atoms with Crippen LogP contribution in [0.3, 0.4) is 0 Å². The van der Waals surface area contributed by atoms with Gasteiger partial charge in [0.1, 0.15) is 11.4 Å². The predicted octanol–water partition coefficient (Wildman–Crippen LogP) is 3.39. The van der Waals surface area contributed by atoms with Crippen molar-refractivity contribution in [3.63, 3.8) is 0 Å². The molecule has 0 fully saturated rings. The first-order valence-corrected chi connectivity index (χ1v) is 8.01. The number of aliphatic hydroxyl groups is 1. The van der Waals surface area contributed by atoms with Crippen LogP contribution in [-0.4, -0.2) is 21.7 Å². The maximum Gasteiger partial charge on any atom is 0.135 e. The monoisotopic (exact) mass is 308 g/mol. The second-order valence-electron chi connectivity index (χ2n) is 6.45. The number of nitrogens with zero attached hydrogens (tertiary/aromatic N) is 1. The first-order valence-electron chi connectivity index (χ1n) is 8.01. The fourth-order valence-electron chi connectivity index (χ4n) is 3.51. The molecule has 0 saturated heterocycles. The number of imidazole rings is 1. The van der Waals surface area contributed by atoms with Gasteiger partial charge in [-0.25, -0.2) is 4.98 Å². The number of nitrogens with one attached hydrogen (secondary N) is 1. The van der Waals surface area contributed by atoms with Crippen molar-refractivity contribution in [1.82, 2.24) is 9.97 Å². The minimum atomic E-state index is -1.11. The lowest BCUT2D eigenvalue weighted by Crippen LogP contribution is -2.33. The lowest BCUT2D eigenvalue weighted by molar-refractivity contribution is 0.0281. The number of H-pyrrole nitrogens is 1. The summed E-state index contributed by atoms with van der Waals surface area (Å²) in [6, 6.07) is 10.3. The van der Waals surface area contributed by atoms with Gasteiger partial charge in [-0.1, -0.05) is 32.0 Å². The molecule has 0 amide bonds. The van der Waals surface area contributed by atoms with Crippen molar-refractivity contribution in [2.24, 2.45) is 5.92 Å². The van der Waals surface area contributed by atoms with Gasteiger partial charge < -0.3 is 14.8 Å². The lowest BCUT2D eigenvalue weighted by Gasteiger charge is -2.31. The normalized spacial score (nSPS) is 16.3. The van der Waals surface area contributed by atoms with Crippen molar-refractivity contribution in [2.75, 3.05) is 6.61 Å². The van der Waals surface area contributed by atoms with Crippen molar-refractivity contribution in [1.29, 1.82) is 0 Å². The molecular formula is C19H20N2O2. The van der Waals surface area contributed by atoms with Gasteiger partial charge in [-0.15, -0.1) is 0 Å². The highest BCUT2D eigenvalue weighted by Crippen LogP contribution is 2.39. The topological polar surface area (TPSA) is 58.1 Å². The molecule has 23 heavy (non-hydrogen) atoms. The SMILES string of the molecule is CC(C)C(O)(c1ccc2c3c(ccc2c1)OCC3)c1c[nH]cn1. The van der Waals surface area contributed by atoms with Gasteiger partial charge in [-0.05, 0) is 34.4 Å². The Morgan fingerprint density at radius 2 is 2.13 bits per heavy atom. The van der Waals surface area contributed by atoms with Crippen LogP contribution in [0.15, 0.2) is 42.9 Å². The van der Waals surface area contributed by atoms with Crippen molar-refractivity contribution in [3.05, 3.63) is 59.7 Å². The van der Waals surface area contributed by atoms with E-state index < -0.39 is 5.60 Å². The van der Waals surface area contributed by atoms with Crippen LogP contribution in [0.4, 0.5) is 0 Å². The number of hydrogen-bond donors (Lipinski definition) is 2. The maximum absolute atomic E-state index is 11.4. The molecule has 118 valence electrons. The van der Waals surface area contributed by atoms with E-state index in [1.54, 1.807) is 12.5 Å². The number of aromatic nitrogens is 2. The average molecular weight is 308 g/mol. The summed E-state index contributed by atoms with van der Waals surface area (Å²) in [4.78, 5) is 7.24. The summed E-state index contributed by atoms with van der Waals surface area (Å²) in [5.41, 5.74) is 1.67. The summed E-state index contributed by atoms with van der Waals surface area (Å²) in [7, 11) is 0. The predicted molar refractivity (Wildman–Crippen MR) is 89.6 cm³/mol. The Kier molecular flexibility index (Phi) is 3.16. The molecule has 4 nitrogen and oxygen atoms in total. The van der Waals surface area contributed by atoms with Gasteiger partial charge in [-0.2, -0.15) is 0 Å². The number of rotatable bonds is 3.